The van der Waals surface area contributed by atoms with Gasteiger partial charge in [0.05, 0.1) is 0 Å². The van der Waals surface area contributed by atoms with Crippen LogP contribution in [0.4, 0.5) is 0 Å². The molecule has 0 aromatic heterocycles. The van der Waals surface area contributed by atoms with Gasteiger partial charge >= 0.3 is 0 Å². The van der Waals surface area contributed by atoms with Gasteiger partial charge < -0.3 is 0 Å². The number of Topliss-reactive ketones (excluding diaryl/α,β-unsaturated/α-hetero) is 1. The molecule has 0 amide bonds. The van der Waals surface area contributed by atoms with Gasteiger partial charge in [-0.25, -0.2) is 0 Å². The lowest BCUT2D eigenvalue weighted by Gasteiger charge is -2.45. The number of ketones is 1. The molecule has 0 aromatic rings. The summed E-state index contributed by atoms with van der Waals surface area (Å²) in [5.41, 5.74) is 0.603. The molecule has 76 valence electrons. The molecule has 1 unspecified atom stereocenters. The number of rotatable bonds is 0. The number of hydrogen-bond donors (Lipinski definition) is 0. The largest absolute Gasteiger partial charge is 0.300 e. The van der Waals surface area contributed by atoms with E-state index in [9.17, 15) is 4.79 Å². The molecule has 0 spiro atoms. The minimum atomic E-state index is 0.263. The smallest absolute Gasteiger partial charge is 0.133 e. The fourth-order valence-electron chi connectivity index (χ4n) is 2.72. The van der Waals surface area contributed by atoms with Crippen molar-refractivity contribution in [2.45, 2.75) is 53.9 Å². The minimum Gasteiger partial charge on any atom is -0.300 e. The van der Waals surface area contributed by atoms with Crippen molar-refractivity contribution in [2.75, 3.05) is 0 Å². The van der Waals surface area contributed by atoms with Crippen molar-refractivity contribution < 1.29 is 4.79 Å². The second-order valence-corrected chi connectivity index (χ2v) is 6.15. The topological polar surface area (TPSA) is 17.1 Å². The van der Waals surface area contributed by atoms with E-state index in [1.165, 1.54) is 0 Å². The van der Waals surface area contributed by atoms with E-state index >= 15 is 0 Å². The molecule has 1 nitrogen and oxygen atoms in total. The molecule has 1 heteroatoms. The first kappa shape index (κ1) is 10.7. The average Bonchev–Trinajstić information content (AvgIpc) is 1.92. The molecule has 0 aromatic carbocycles. The summed E-state index contributed by atoms with van der Waals surface area (Å²) >= 11 is 0. The molecule has 13 heavy (non-hydrogen) atoms. The van der Waals surface area contributed by atoms with Gasteiger partial charge in [-0.05, 0) is 23.2 Å². The van der Waals surface area contributed by atoms with E-state index < -0.39 is 0 Å². The Hall–Kier alpha value is -0.330. The number of carbonyl (C=O) groups excluding carboxylic acids is 1. The fourth-order valence-corrected chi connectivity index (χ4v) is 2.72. The molecule has 0 aliphatic heterocycles. The number of hydrogen-bond acceptors (Lipinski definition) is 1. The molecule has 1 saturated carbocycles. The normalized spacial score (nSPS) is 29.0. The third-order valence-electron chi connectivity index (χ3n) is 3.47. The van der Waals surface area contributed by atoms with Crippen LogP contribution in [0.5, 0.6) is 0 Å². The summed E-state index contributed by atoms with van der Waals surface area (Å²) in [6.45, 7) is 11.3. The van der Waals surface area contributed by atoms with Gasteiger partial charge in [-0.3, -0.25) is 4.79 Å². The van der Waals surface area contributed by atoms with Crippen molar-refractivity contribution in [1.29, 1.82) is 0 Å². The Labute approximate surface area is 81.9 Å². The van der Waals surface area contributed by atoms with E-state index in [2.05, 4.69) is 34.6 Å². The molecule has 0 radical (unpaired) electrons. The van der Waals surface area contributed by atoms with Gasteiger partial charge in [0.15, 0.2) is 0 Å². The van der Waals surface area contributed by atoms with Crippen molar-refractivity contribution in [3.8, 4) is 0 Å². The lowest BCUT2D eigenvalue weighted by molar-refractivity contribution is -0.127. The standard InChI is InChI=1S/C12H22O/c1-11(2,3)10-8-9(13)6-7-12(10,4)5/h10H,6-8H2,1-5H3. The van der Waals surface area contributed by atoms with Gasteiger partial charge in [0.2, 0.25) is 0 Å². The Kier molecular flexibility index (Phi) is 2.57. The molecule has 0 saturated heterocycles. The fraction of sp³-hybridized carbons (Fsp3) is 0.917. The summed E-state index contributed by atoms with van der Waals surface area (Å²) in [5, 5.41) is 0. The van der Waals surface area contributed by atoms with Crippen molar-refractivity contribution in [3.05, 3.63) is 0 Å². The molecule has 0 bridgehead atoms. The average molecular weight is 182 g/mol. The predicted octanol–water partition coefficient (Wildman–Crippen LogP) is 3.43. The van der Waals surface area contributed by atoms with Gasteiger partial charge in [0.25, 0.3) is 0 Å². The molecule has 1 fully saturated rings. The summed E-state index contributed by atoms with van der Waals surface area (Å²) in [5.74, 6) is 1.00. The lowest BCUT2D eigenvalue weighted by Crippen LogP contribution is -2.39. The summed E-state index contributed by atoms with van der Waals surface area (Å²) in [6, 6.07) is 0. The Bertz CT molecular complexity index is 208. The van der Waals surface area contributed by atoms with Crippen LogP contribution < -0.4 is 0 Å². The SMILES string of the molecule is CC(C)(C)C1CC(=O)CCC1(C)C. The van der Waals surface area contributed by atoms with E-state index in [0.717, 1.165) is 19.3 Å². The summed E-state index contributed by atoms with van der Waals surface area (Å²) < 4.78 is 0. The van der Waals surface area contributed by atoms with E-state index in [1.54, 1.807) is 0 Å². The summed E-state index contributed by atoms with van der Waals surface area (Å²) in [4.78, 5) is 11.4. The van der Waals surface area contributed by atoms with Gasteiger partial charge in [-0.1, -0.05) is 34.6 Å². The maximum Gasteiger partial charge on any atom is 0.133 e. The van der Waals surface area contributed by atoms with Crippen LogP contribution in [0.3, 0.4) is 0 Å². The lowest BCUT2D eigenvalue weighted by atomic mass is 9.59. The third kappa shape index (κ3) is 2.32. The van der Waals surface area contributed by atoms with Crippen molar-refractivity contribution >= 4 is 5.78 Å². The molecule has 0 N–H and O–H groups in total. The van der Waals surface area contributed by atoms with Crippen LogP contribution in [-0.2, 0) is 4.79 Å². The van der Waals surface area contributed by atoms with Gasteiger partial charge in [-0.2, -0.15) is 0 Å². The highest BCUT2D eigenvalue weighted by Crippen LogP contribution is 2.48. The zero-order chi connectivity index (χ0) is 10.3. The van der Waals surface area contributed by atoms with Crippen LogP contribution in [-0.4, -0.2) is 5.78 Å². The monoisotopic (exact) mass is 182 g/mol. The zero-order valence-corrected chi connectivity index (χ0v) is 9.61. The van der Waals surface area contributed by atoms with Crippen LogP contribution in [0, 0.1) is 16.7 Å². The van der Waals surface area contributed by atoms with Gasteiger partial charge in [-0.15, -0.1) is 0 Å². The molecule has 1 atom stereocenters. The van der Waals surface area contributed by atoms with Crippen LogP contribution in [0.15, 0.2) is 0 Å². The van der Waals surface area contributed by atoms with Crippen molar-refractivity contribution in [3.63, 3.8) is 0 Å². The van der Waals surface area contributed by atoms with E-state index in [4.69, 9.17) is 0 Å². The van der Waals surface area contributed by atoms with E-state index in [1.807, 2.05) is 0 Å². The van der Waals surface area contributed by atoms with Crippen LogP contribution in [0.25, 0.3) is 0 Å². The molecule has 1 rings (SSSR count). The second-order valence-electron chi connectivity index (χ2n) is 6.15. The molecular weight excluding hydrogens is 160 g/mol. The van der Waals surface area contributed by atoms with Gasteiger partial charge in [0.1, 0.15) is 5.78 Å². The van der Waals surface area contributed by atoms with Crippen molar-refractivity contribution in [2.24, 2.45) is 16.7 Å². The first-order valence-corrected chi connectivity index (χ1v) is 5.25. The predicted molar refractivity (Wildman–Crippen MR) is 55.6 cm³/mol. The number of carbonyl (C=O) groups is 1. The van der Waals surface area contributed by atoms with E-state index in [0.29, 0.717) is 17.1 Å². The van der Waals surface area contributed by atoms with Crippen LogP contribution >= 0.6 is 0 Å². The molecule has 1 aliphatic rings. The quantitative estimate of drug-likeness (QED) is 0.561. The van der Waals surface area contributed by atoms with Gasteiger partial charge in [0, 0.05) is 12.8 Å². The maximum atomic E-state index is 11.4. The summed E-state index contributed by atoms with van der Waals surface area (Å²) in [7, 11) is 0. The maximum absolute atomic E-state index is 11.4. The highest BCUT2D eigenvalue weighted by molar-refractivity contribution is 5.79. The molecule has 0 heterocycles. The molecular formula is C12H22O. The van der Waals surface area contributed by atoms with Crippen LogP contribution in [0.2, 0.25) is 0 Å². The minimum absolute atomic E-state index is 0.263. The third-order valence-corrected chi connectivity index (χ3v) is 3.47. The van der Waals surface area contributed by atoms with Crippen molar-refractivity contribution in [1.82, 2.24) is 0 Å². The van der Waals surface area contributed by atoms with Crippen LogP contribution in [0.1, 0.15) is 53.9 Å². The Morgan fingerprint density at radius 1 is 1.31 bits per heavy atom. The first-order valence-electron chi connectivity index (χ1n) is 5.25. The van der Waals surface area contributed by atoms with E-state index in [-0.39, 0.29) is 5.41 Å². The Morgan fingerprint density at radius 3 is 2.23 bits per heavy atom. The first-order chi connectivity index (χ1) is 5.73. The highest BCUT2D eigenvalue weighted by Gasteiger charge is 2.41. The second kappa shape index (κ2) is 3.11. The Balaban J connectivity index is 2.84. The Morgan fingerprint density at radius 2 is 1.85 bits per heavy atom. The highest BCUT2D eigenvalue weighted by atomic mass is 16.1. The summed E-state index contributed by atoms with van der Waals surface area (Å²) in [6.07, 6.45) is 2.64. The molecule has 1 aliphatic carbocycles. The zero-order valence-electron chi connectivity index (χ0n) is 9.61.